The monoisotopic (exact) mass is 247 g/mol. The summed E-state index contributed by atoms with van der Waals surface area (Å²) in [6, 6.07) is 6.12. The lowest BCUT2D eigenvalue weighted by Crippen LogP contribution is -2.22. The van der Waals surface area contributed by atoms with Crippen LogP contribution >= 0.6 is 0 Å². The number of anilines is 1. The first-order valence-corrected chi connectivity index (χ1v) is 6.59. The van der Waals surface area contributed by atoms with Crippen LogP contribution in [0.4, 0.5) is 5.69 Å². The molecule has 1 aliphatic rings. The number of carbonyl (C=O) groups excluding carboxylic acids is 1. The maximum Gasteiger partial charge on any atom is 0.224 e. The second kappa shape index (κ2) is 6.01. The SMILES string of the molecule is Cc1cc(C)cc(NC(=O)CC2CCOCC2)c1. The highest BCUT2D eigenvalue weighted by molar-refractivity contribution is 5.91. The van der Waals surface area contributed by atoms with Crippen LogP contribution in [0.1, 0.15) is 30.4 Å². The molecule has 1 aromatic carbocycles. The number of rotatable bonds is 3. The fourth-order valence-corrected chi connectivity index (χ4v) is 2.47. The third kappa shape index (κ3) is 3.84. The first-order chi connectivity index (χ1) is 8.63. The van der Waals surface area contributed by atoms with E-state index in [0.717, 1.165) is 31.7 Å². The third-order valence-electron chi connectivity index (χ3n) is 3.32. The van der Waals surface area contributed by atoms with Gasteiger partial charge in [-0.2, -0.15) is 0 Å². The lowest BCUT2D eigenvalue weighted by Gasteiger charge is -2.21. The number of nitrogens with one attached hydrogen (secondary N) is 1. The standard InChI is InChI=1S/C15H21NO2/c1-11-7-12(2)9-14(8-11)16-15(17)10-13-3-5-18-6-4-13/h7-9,13H,3-6,10H2,1-2H3,(H,16,17). The number of aryl methyl sites for hydroxylation is 2. The lowest BCUT2D eigenvalue weighted by atomic mass is 9.96. The van der Waals surface area contributed by atoms with Crippen LogP contribution in [0.25, 0.3) is 0 Å². The van der Waals surface area contributed by atoms with Gasteiger partial charge in [0.15, 0.2) is 0 Å². The highest BCUT2D eigenvalue weighted by atomic mass is 16.5. The zero-order valence-corrected chi connectivity index (χ0v) is 11.2. The average Bonchev–Trinajstić information content (AvgIpc) is 2.28. The van der Waals surface area contributed by atoms with E-state index in [1.807, 2.05) is 26.0 Å². The van der Waals surface area contributed by atoms with Crippen molar-refractivity contribution >= 4 is 11.6 Å². The summed E-state index contributed by atoms with van der Waals surface area (Å²) in [5.74, 6) is 0.594. The zero-order chi connectivity index (χ0) is 13.0. The normalized spacial score (nSPS) is 16.6. The van der Waals surface area contributed by atoms with Gasteiger partial charge in [-0.25, -0.2) is 0 Å². The number of ether oxygens (including phenoxy) is 1. The van der Waals surface area contributed by atoms with Crippen LogP contribution < -0.4 is 5.32 Å². The molecule has 3 heteroatoms. The summed E-state index contributed by atoms with van der Waals surface area (Å²) in [6.45, 7) is 5.67. The van der Waals surface area contributed by atoms with Crippen molar-refractivity contribution in [3.05, 3.63) is 29.3 Å². The Kier molecular flexibility index (Phi) is 4.37. The molecule has 0 aliphatic carbocycles. The Morgan fingerprint density at radius 3 is 2.44 bits per heavy atom. The van der Waals surface area contributed by atoms with Gasteiger partial charge in [0, 0.05) is 25.3 Å². The van der Waals surface area contributed by atoms with Gasteiger partial charge in [-0.15, -0.1) is 0 Å². The maximum absolute atomic E-state index is 12.0. The van der Waals surface area contributed by atoms with Crippen LogP contribution in [0, 0.1) is 19.8 Å². The van der Waals surface area contributed by atoms with E-state index >= 15 is 0 Å². The number of carbonyl (C=O) groups is 1. The van der Waals surface area contributed by atoms with Crippen LogP contribution in [0.2, 0.25) is 0 Å². The lowest BCUT2D eigenvalue weighted by molar-refractivity contribution is -0.117. The molecule has 1 saturated heterocycles. The summed E-state index contributed by atoms with van der Waals surface area (Å²) in [5.41, 5.74) is 3.26. The van der Waals surface area contributed by atoms with Gasteiger partial charge in [0.1, 0.15) is 0 Å². The summed E-state index contributed by atoms with van der Waals surface area (Å²) < 4.78 is 5.30. The second-order valence-electron chi connectivity index (χ2n) is 5.18. The molecule has 1 amide bonds. The van der Waals surface area contributed by atoms with E-state index in [0.29, 0.717) is 12.3 Å². The van der Waals surface area contributed by atoms with E-state index in [-0.39, 0.29) is 5.91 Å². The van der Waals surface area contributed by atoms with E-state index in [2.05, 4.69) is 11.4 Å². The summed E-state index contributed by atoms with van der Waals surface area (Å²) in [6.07, 6.45) is 2.61. The van der Waals surface area contributed by atoms with E-state index in [4.69, 9.17) is 4.74 Å². The number of hydrogen-bond acceptors (Lipinski definition) is 2. The summed E-state index contributed by atoms with van der Waals surface area (Å²) in [7, 11) is 0. The fourth-order valence-electron chi connectivity index (χ4n) is 2.47. The highest BCUT2D eigenvalue weighted by Crippen LogP contribution is 2.20. The molecular weight excluding hydrogens is 226 g/mol. The van der Waals surface area contributed by atoms with Gasteiger partial charge in [0.05, 0.1) is 0 Å². The molecule has 98 valence electrons. The van der Waals surface area contributed by atoms with Gasteiger partial charge in [-0.05, 0) is 55.9 Å². The predicted molar refractivity (Wildman–Crippen MR) is 72.7 cm³/mol. The Morgan fingerprint density at radius 2 is 1.83 bits per heavy atom. The van der Waals surface area contributed by atoms with Gasteiger partial charge in [0.25, 0.3) is 0 Å². The Bertz CT molecular complexity index is 402. The molecule has 1 aromatic rings. The Balaban J connectivity index is 1.89. The van der Waals surface area contributed by atoms with E-state index in [9.17, 15) is 4.79 Å². The number of hydrogen-bond donors (Lipinski definition) is 1. The molecule has 0 atom stereocenters. The van der Waals surface area contributed by atoms with Crippen molar-refractivity contribution in [1.82, 2.24) is 0 Å². The molecule has 3 nitrogen and oxygen atoms in total. The molecule has 0 unspecified atom stereocenters. The van der Waals surface area contributed by atoms with Crippen molar-refractivity contribution in [3.8, 4) is 0 Å². The highest BCUT2D eigenvalue weighted by Gasteiger charge is 2.17. The Hall–Kier alpha value is -1.35. The van der Waals surface area contributed by atoms with Crippen molar-refractivity contribution in [2.75, 3.05) is 18.5 Å². The first kappa shape index (κ1) is 13.1. The van der Waals surface area contributed by atoms with Crippen LogP contribution in [0.3, 0.4) is 0 Å². The third-order valence-corrected chi connectivity index (χ3v) is 3.32. The molecule has 0 saturated carbocycles. The van der Waals surface area contributed by atoms with Crippen molar-refractivity contribution in [1.29, 1.82) is 0 Å². The smallest absolute Gasteiger partial charge is 0.224 e. The molecule has 1 aliphatic heterocycles. The maximum atomic E-state index is 12.0. The predicted octanol–water partition coefficient (Wildman–Crippen LogP) is 3.06. The summed E-state index contributed by atoms with van der Waals surface area (Å²) in [4.78, 5) is 12.0. The van der Waals surface area contributed by atoms with Gasteiger partial charge in [-0.3, -0.25) is 4.79 Å². The Labute approximate surface area is 109 Å². The fraction of sp³-hybridized carbons (Fsp3) is 0.533. The number of benzene rings is 1. The summed E-state index contributed by atoms with van der Waals surface area (Å²) >= 11 is 0. The quantitative estimate of drug-likeness (QED) is 0.891. The minimum atomic E-state index is 0.118. The van der Waals surface area contributed by atoms with E-state index in [1.165, 1.54) is 11.1 Å². The molecule has 0 radical (unpaired) electrons. The van der Waals surface area contributed by atoms with Gasteiger partial charge < -0.3 is 10.1 Å². The number of amides is 1. The topological polar surface area (TPSA) is 38.3 Å². The van der Waals surface area contributed by atoms with E-state index in [1.54, 1.807) is 0 Å². The van der Waals surface area contributed by atoms with Crippen molar-refractivity contribution in [2.45, 2.75) is 33.1 Å². The molecule has 1 fully saturated rings. The molecule has 1 N–H and O–H groups in total. The largest absolute Gasteiger partial charge is 0.381 e. The van der Waals surface area contributed by atoms with Gasteiger partial charge >= 0.3 is 0 Å². The second-order valence-corrected chi connectivity index (χ2v) is 5.18. The average molecular weight is 247 g/mol. The molecule has 18 heavy (non-hydrogen) atoms. The summed E-state index contributed by atoms with van der Waals surface area (Å²) in [5, 5.41) is 2.99. The minimum Gasteiger partial charge on any atom is -0.381 e. The van der Waals surface area contributed by atoms with Crippen LogP contribution in [0.15, 0.2) is 18.2 Å². The first-order valence-electron chi connectivity index (χ1n) is 6.59. The minimum absolute atomic E-state index is 0.118. The molecule has 0 bridgehead atoms. The van der Waals surface area contributed by atoms with Crippen molar-refractivity contribution < 1.29 is 9.53 Å². The Morgan fingerprint density at radius 1 is 1.22 bits per heavy atom. The molecule has 0 spiro atoms. The van der Waals surface area contributed by atoms with Crippen LogP contribution in [0.5, 0.6) is 0 Å². The van der Waals surface area contributed by atoms with Crippen molar-refractivity contribution in [2.24, 2.45) is 5.92 Å². The molecular formula is C15H21NO2. The van der Waals surface area contributed by atoms with Gasteiger partial charge in [0.2, 0.25) is 5.91 Å². The van der Waals surface area contributed by atoms with Gasteiger partial charge in [-0.1, -0.05) is 6.07 Å². The van der Waals surface area contributed by atoms with E-state index < -0.39 is 0 Å². The molecule has 2 rings (SSSR count). The molecule has 1 heterocycles. The van der Waals surface area contributed by atoms with Crippen LogP contribution in [-0.4, -0.2) is 19.1 Å². The van der Waals surface area contributed by atoms with Crippen LogP contribution in [-0.2, 0) is 9.53 Å². The van der Waals surface area contributed by atoms with Crippen molar-refractivity contribution in [3.63, 3.8) is 0 Å². The zero-order valence-electron chi connectivity index (χ0n) is 11.2. The molecule has 0 aromatic heterocycles.